The minimum Gasteiger partial charge on any atom is -0.792 e. The molecule has 0 aliphatic rings. The van der Waals surface area contributed by atoms with Crippen molar-refractivity contribution in [1.29, 1.82) is 0 Å². The second-order valence-electron chi connectivity index (χ2n) is 8.90. The van der Waals surface area contributed by atoms with E-state index >= 15 is 0 Å². The summed E-state index contributed by atoms with van der Waals surface area (Å²) in [6.45, 7) is 21.6. The molecule has 0 aromatic heterocycles. The van der Waals surface area contributed by atoms with Gasteiger partial charge in [-0.1, -0.05) is 40.5 Å². The molecule has 0 aliphatic heterocycles. The largest absolute Gasteiger partial charge is 2.00 e. The Kier molecular flexibility index (Phi) is 41.9. The van der Waals surface area contributed by atoms with Gasteiger partial charge >= 0.3 is 35.8 Å². The minimum absolute atomic E-state index is 0. The number of hydrogen-bond donors (Lipinski definition) is 0. The second kappa shape index (κ2) is 32.4. The monoisotopic (exact) mass is 644 g/mol. The molecule has 6 nitrogen and oxygen atoms in total. The van der Waals surface area contributed by atoms with Crippen molar-refractivity contribution in [2.75, 3.05) is 37.9 Å². The summed E-state index contributed by atoms with van der Waals surface area (Å²) < 4.78 is 20.4. The smallest absolute Gasteiger partial charge is 0.792 e. The first-order valence-electron chi connectivity index (χ1n) is 12.0. The molecule has 0 aromatic carbocycles. The molecular weight excluding hydrogens is 591 g/mol. The van der Waals surface area contributed by atoms with Crippen LogP contribution in [0.25, 0.3) is 0 Å². The van der Waals surface area contributed by atoms with E-state index in [0.717, 1.165) is 0 Å². The third kappa shape index (κ3) is 60.6. The normalized spacial score (nSPS) is 10.2. The molecule has 0 atom stereocenters. The molecule has 0 aliphatic carbocycles. The predicted octanol–water partition coefficient (Wildman–Crippen LogP) is 5.42. The first-order chi connectivity index (χ1) is 15.7. The van der Waals surface area contributed by atoms with Crippen LogP contribution >= 0.6 is 0 Å². The Morgan fingerprint density at radius 1 is 0.657 bits per heavy atom. The van der Waals surface area contributed by atoms with Crippen molar-refractivity contribution in [2.45, 2.75) is 106 Å². The maximum absolute atomic E-state index is 10.8. The van der Waals surface area contributed by atoms with Crippen molar-refractivity contribution < 1.29 is 28.5 Å². The topological polar surface area (TPSA) is 71.1 Å². The molecule has 35 heavy (non-hydrogen) atoms. The maximum atomic E-state index is 10.8. The zero-order valence-electron chi connectivity index (χ0n) is 24.0. The van der Waals surface area contributed by atoms with Crippen LogP contribution in [0.1, 0.15) is 94.9 Å². The zero-order valence-corrected chi connectivity index (χ0v) is 28.5. The van der Waals surface area contributed by atoms with Gasteiger partial charge in [-0.25, -0.2) is 0 Å². The van der Waals surface area contributed by atoms with Crippen LogP contribution in [0.2, 0.25) is 0 Å². The van der Waals surface area contributed by atoms with Crippen LogP contribution < -0.4 is 0 Å². The van der Waals surface area contributed by atoms with E-state index in [0.29, 0.717) is 50.8 Å². The number of ether oxygens (including phenoxy) is 4. The van der Waals surface area contributed by atoms with Gasteiger partial charge < -0.3 is 44.2 Å². The SMILES string of the molecule is CC(C)(C)OCCOC(=O)CC[S-].CC(C)(C)OCCOC(=O)CC[S-].C[CH]CC.C[CH]CC.[Sn+2]. The summed E-state index contributed by atoms with van der Waals surface area (Å²) in [5.74, 6) is 0.345. The van der Waals surface area contributed by atoms with Gasteiger partial charge in [0.2, 0.25) is 0 Å². The Morgan fingerprint density at radius 2 is 0.914 bits per heavy atom. The van der Waals surface area contributed by atoms with E-state index in [4.69, 9.17) is 18.9 Å². The Morgan fingerprint density at radius 3 is 1.09 bits per heavy atom. The quantitative estimate of drug-likeness (QED) is 0.121. The Balaban J connectivity index is -0.000000128. The fourth-order valence-corrected chi connectivity index (χ4v) is 1.65. The van der Waals surface area contributed by atoms with Crippen LogP contribution in [-0.2, 0) is 53.8 Å². The van der Waals surface area contributed by atoms with Crippen LogP contribution in [0.4, 0.5) is 0 Å². The molecule has 0 bridgehead atoms. The van der Waals surface area contributed by atoms with Crippen LogP contribution in [0.5, 0.6) is 0 Å². The number of unbranched alkanes of at least 4 members (excludes halogenated alkanes) is 2. The fourth-order valence-electron chi connectivity index (χ4n) is 1.32. The molecule has 0 heterocycles. The first-order valence-corrected chi connectivity index (χ1v) is 13.2. The molecule has 0 spiro atoms. The summed E-state index contributed by atoms with van der Waals surface area (Å²) in [4.78, 5) is 21.6. The molecular formula is C26H52O6S2Sn. The standard InChI is InChI=1S/2C9H18O3S.2C4H9.Sn/c2*1-9(2,3)12-6-5-11-8(10)4-7-13;2*1-3-4-2;/h2*13H,4-7H2,1-3H3;2*3H,4H2,1-2H3;/q;;;;+2/p-2. The average molecular weight is 644 g/mol. The maximum Gasteiger partial charge on any atom is 2.00 e. The van der Waals surface area contributed by atoms with Gasteiger partial charge in [-0.2, -0.15) is 11.5 Å². The van der Waals surface area contributed by atoms with Crippen LogP contribution in [0, 0.1) is 12.8 Å². The number of carbonyl (C=O) groups excluding carboxylic acids is 2. The van der Waals surface area contributed by atoms with Gasteiger partial charge in [-0.15, -0.1) is 0 Å². The average Bonchev–Trinajstić information content (AvgIpc) is 2.74. The van der Waals surface area contributed by atoms with Gasteiger partial charge in [0.25, 0.3) is 0 Å². The van der Waals surface area contributed by atoms with Crippen molar-refractivity contribution in [3.63, 3.8) is 0 Å². The van der Waals surface area contributed by atoms with Crippen LogP contribution in [0.15, 0.2) is 0 Å². The number of hydrogen-bond acceptors (Lipinski definition) is 8. The Labute approximate surface area is 245 Å². The van der Waals surface area contributed by atoms with Gasteiger partial charge in [0.15, 0.2) is 0 Å². The van der Waals surface area contributed by atoms with Crippen molar-refractivity contribution >= 4 is 61.1 Å². The molecule has 0 fully saturated rings. The second-order valence-corrected chi connectivity index (χ2v) is 9.72. The summed E-state index contributed by atoms with van der Waals surface area (Å²) >= 11 is 9.27. The van der Waals surface area contributed by atoms with Gasteiger partial charge in [0, 0.05) is 12.8 Å². The third-order valence-corrected chi connectivity index (χ3v) is 3.60. The summed E-state index contributed by atoms with van der Waals surface area (Å²) in [5, 5.41) is 0. The van der Waals surface area contributed by atoms with E-state index in [2.05, 4.69) is 65.8 Å². The molecule has 0 saturated carbocycles. The molecule has 0 amide bonds. The van der Waals surface area contributed by atoms with E-state index in [9.17, 15) is 9.59 Å². The van der Waals surface area contributed by atoms with Crippen molar-refractivity contribution in [2.24, 2.45) is 0 Å². The summed E-state index contributed by atoms with van der Waals surface area (Å²) in [5.41, 5.74) is -0.352. The van der Waals surface area contributed by atoms with Gasteiger partial charge in [-0.05, 0) is 54.4 Å². The molecule has 0 rings (SSSR count). The van der Waals surface area contributed by atoms with Gasteiger partial charge in [-0.3, -0.25) is 9.59 Å². The molecule has 0 unspecified atom stereocenters. The summed E-state index contributed by atoms with van der Waals surface area (Å²) in [6, 6.07) is 0. The molecule has 9 heteroatoms. The van der Waals surface area contributed by atoms with Crippen molar-refractivity contribution in [3.8, 4) is 0 Å². The van der Waals surface area contributed by atoms with Crippen LogP contribution in [-0.4, -0.2) is 85.0 Å². The van der Waals surface area contributed by atoms with E-state index in [1.54, 1.807) is 0 Å². The van der Waals surface area contributed by atoms with E-state index in [1.165, 1.54) is 12.8 Å². The van der Waals surface area contributed by atoms with Gasteiger partial charge in [0.1, 0.15) is 13.2 Å². The molecule has 0 N–H and O–H groups in total. The van der Waals surface area contributed by atoms with Crippen molar-refractivity contribution in [1.82, 2.24) is 0 Å². The van der Waals surface area contributed by atoms with E-state index in [-0.39, 0.29) is 47.0 Å². The summed E-state index contributed by atoms with van der Waals surface area (Å²) in [7, 11) is 0. The minimum atomic E-state index is -0.243. The number of rotatable bonds is 12. The molecule has 0 saturated heterocycles. The molecule has 4 radical (unpaired) electrons. The number of carbonyl (C=O) groups is 2. The first kappa shape index (κ1) is 45.3. The zero-order chi connectivity index (χ0) is 27.5. The van der Waals surface area contributed by atoms with Crippen molar-refractivity contribution in [3.05, 3.63) is 12.8 Å². The Bertz CT molecular complexity index is 395. The third-order valence-electron chi connectivity index (χ3n) is 3.19. The van der Waals surface area contributed by atoms with E-state index < -0.39 is 0 Å². The molecule has 208 valence electrons. The summed E-state index contributed by atoms with van der Waals surface area (Å²) in [6.07, 6.45) is 7.26. The fraction of sp³-hybridized carbons (Fsp3) is 0.846. The van der Waals surface area contributed by atoms with Crippen LogP contribution in [0.3, 0.4) is 0 Å². The van der Waals surface area contributed by atoms with E-state index in [1.807, 2.05) is 41.5 Å². The predicted molar refractivity (Wildman–Crippen MR) is 153 cm³/mol. The van der Waals surface area contributed by atoms with Gasteiger partial charge in [0.05, 0.1) is 24.4 Å². The Hall–Kier alpha value is 0.359. The number of esters is 2. The molecule has 0 aromatic rings.